The van der Waals surface area contributed by atoms with Gasteiger partial charge in [0.1, 0.15) is 11.6 Å². The molecule has 3 rings (SSSR count). The van der Waals surface area contributed by atoms with Gasteiger partial charge in [0.25, 0.3) is 0 Å². The number of halogens is 2. The first-order valence-electron chi connectivity index (χ1n) is 8.24. The van der Waals surface area contributed by atoms with Crippen LogP contribution in [0.3, 0.4) is 0 Å². The summed E-state index contributed by atoms with van der Waals surface area (Å²) in [6.45, 7) is 0. The molecule has 3 aromatic rings. The maximum Gasteiger partial charge on any atom is 0.168 e. The van der Waals surface area contributed by atoms with Crippen molar-refractivity contribution >= 4 is 33.5 Å². The third-order valence-electron chi connectivity index (χ3n) is 3.96. The van der Waals surface area contributed by atoms with Gasteiger partial charge in [-0.3, -0.25) is 4.79 Å². The molecule has 0 spiro atoms. The lowest BCUT2D eigenvalue weighted by atomic mass is 10.0. The Morgan fingerprint density at radius 1 is 1.15 bits per heavy atom. The predicted octanol–water partition coefficient (Wildman–Crippen LogP) is 5.71. The fraction of sp³-hybridized carbons (Fsp3) is 0.143. The summed E-state index contributed by atoms with van der Waals surface area (Å²) in [4.78, 5) is 16.7. The van der Waals surface area contributed by atoms with Crippen molar-refractivity contribution in [1.82, 2.24) is 4.98 Å². The molecule has 2 aromatic carbocycles. The Kier molecular flexibility index (Phi) is 6.63. The highest BCUT2D eigenvalue weighted by molar-refractivity contribution is 9.10. The Balaban J connectivity index is 1.61. The molecule has 6 heteroatoms. The zero-order chi connectivity index (χ0) is 19.2. The fourth-order valence-corrected chi connectivity index (χ4v) is 3.87. The number of benzene rings is 2. The van der Waals surface area contributed by atoms with Gasteiger partial charge in [-0.15, -0.1) is 11.8 Å². The molecule has 0 bridgehead atoms. The number of carbonyl (C=O) groups is 1. The molecule has 0 amide bonds. The van der Waals surface area contributed by atoms with E-state index in [1.807, 2.05) is 24.3 Å². The van der Waals surface area contributed by atoms with Crippen molar-refractivity contribution in [2.45, 2.75) is 17.2 Å². The molecule has 0 atom stereocenters. The number of rotatable bonds is 7. The molecule has 0 saturated heterocycles. The van der Waals surface area contributed by atoms with E-state index in [9.17, 15) is 9.18 Å². The molecule has 27 heavy (non-hydrogen) atoms. The van der Waals surface area contributed by atoms with Crippen LogP contribution < -0.4 is 4.74 Å². The van der Waals surface area contributed by atoms with Crippen LogP contribution in [0.1, 0.15) is 21.5 Å². The molecule has 0 saturated carbocycles. The first-order chi connectivity index (χ1) is 13.0. The Labute approximate surface area is 170 Å². The third kappa shape index (κ3) is 5.40. The van der Waals surface area contributed by atoms with Crippen LogP contribution >= 0.6 is 27.7 Å². The van der Waals surface area contributed by atoms with Crippen molar-refractivity contribution in [3.63, 3.8) is 0 Å². The molecular formula is C21H17BrFNO2S. The number of hydrogen-bond acceptors (Lipinski definition) is 4. The summed E-state index contributed by atoms with van der Waals surface area (Å²) >= 11 is 5.13. The lowest BCUT2D eigenvalue weighted by molar-refractivity contribution is 0.0992. The quantitative estimate of drug-likeness (QED) is 0.344. The van der Waals surface area contributed by atoms with Gasteiger partial charge in [-0.05, 0) is 53.6 Å². The van der Waals surface area contributed by atoms with Crippen LogP contribution in [0.15, 0.2) is 70.3 Å². The fourth-order valence-electron chi connectivity index (χ4n) is 2.46. The van der Waals surface area contributed by atoms with Crippen LogP contribution in [0.4, 0.5) is 4.39 Å². The molecule has 3 nitrogen and oxygen atoms in total. The van der Waals surface area contributed by atoms with Gasteiger partial charge in [0, 0.05) is 28.4 Å². The van der Waals surface area contributed by atoms with Crippen LogP contribution in [0.5, 0.6) is 5.75 Å². The number of ketones is 1. The number of hydrogen-bond donors (Lipinski definition) is 0. The van der Waals surface area contributed by atoms with Crippen molar-refractivity contribution in [3.8, 4) is 5.75 Å². The van der Waals surface area contributed by atoms with Gasteiger partial charge in [0.2, 0.25) is 0 Å². The second-order valence-corrected chi connectivity index (χ2v) is 7.71. The SMILES string of the molecule is COc1ccc(Br)c(CSc2ccc(C(=O)Cc3ccc(F)cc3)cn2)c1. The van der Waals surface area contributed by atoms with E-state index in [0.717, 1.165) is 32.1 Å². The Hall–Kier alpha value is -2.18. The first-order valence-corrected chi connectivity index (χ1v) is 10.0. The van der Waals surface area contributed by atoms with Gasteiger partial charge in [-0.25, -0.2) is 9.37 Å². The second kappa shape index (κ2) is 9.15. The summed E-state index contributed by atoms with van der Waals surface area (Å²) in [6.07, 6.45) is 1.82. The van der Waals surface area contributed by atoms with E-state index in [1.165, 1.54) is 12.1 Å². The van der Waals surface area contributed by atoms with E-state index in [0.29, 0.717) is 5.56 Å². The minimum atomic E-state index is -0.308. The smallest absolute Gasteiger partial charge is 0.168 e. The number of methoxy groups -OCH3 is 1. The number of thioether (sulfide) groups is 1. The normalized spacial score (nSPS) is 10.6. The van der Waals surface area contributed by atoms with Crippen LogP contribution in [0.2, 0.25) is 0 Å². The first kappa shape index (κ1) is 19.6. The van der Waals surface area contributed by atoms with E-state index in [4.69, 9.17) is 4.74 Å². The van der Waals surface area contributed by atoms with E-state index in [-0.39, 0.29) is 18.0 Å². The predicted molar refractivity (Wildman–Crippen MR) is 109 cm³/mol. The van der Waals surface area contributed by atoms with Crippen molar-refractivity contribution < 1.29 is 13.9 Å². The molecule has 1 heterocycles. The molecule has 0 aliphatic heterocycles. The summed E-state index contributed by atoms with van der Waals surface area (Å²) in [6, 6.07) is 15.4. The third-order valence-corrected chi connectivity index (χ3v) is 5.73. The summed E-state index contributed by atoms with van der Waals surface area (Å²) in [5.41, 5.74) is 2.44. The standard InChI is InChI=1S/C21H17BrFNO2S/c1-26-18-7-8-19(22)16(11-18)13-27-21-9-4-15(12-24-21)20(25)10-14-2-5-17(23)6-3-14/h2-9,11-12H,10,13H2,1H3. The van der Waals surface area contributed by atoms with Crippen molar-refractivity contribution in [2.24, 2.45) is 0 Å². The van der Waals surface area contributed by atoms with E-state index < -0.39 is 0 Å². The number of aromatic nitrogens is 1. The van der Waals surface area contributed by atoms with Crippen molar-refractivity contribution in [1.29, 1.82) is 0 Å². The zero-order valence-corrected chi connectivity index (χ0v) is 17.0. The number of nitrogens with zero attached hydrogens (tertiary/aromatic N) is 1. The number of Topliss-reactive ketones (excluding diaryl/α,β-unsaturated/α-hetero) is 1. The maximum atomic E-state index is 12.9. The van der Waals surface area contributed by atoms with Gasteiger partial charge in [-0.2, -0.15) is 0 Å². The largest absolute Gasteiger partial charge is 0.497 e. The molecule has 0 aliphatic rings. The van der Waals surface area contributed by atoms with Crippen LogP contribution in [-0.4, -0.2) is 17.9 Å². The summed E-state index contributed by atoms with van der Waals surface area (Å²) in [7, 11) is 1.64. The van der Waals surface area contributed by atoms with E-state index >= 15 is 0 Å². The van der Waals surface area contributed by atoms with Gasteiger partial charge < -0.3 is 4.74 Å². The number of carbonyl (C=O) groups excluding carboxylic acids is 1. The Morgan fingerprint density at radius 2 is 1.93 bits per heavy atom. The highest BCUT2D eigenvalue weighted by Gasteiger charge is 2.09. The van der Waals surface area contributed by atoms with E-state index in [2.05, 4.69) is 20.9 Å². The van der Waals surface area contributed by atoms with Gasteiger partial charge in [0.05, 0.1) is 12.1 Å². The van der Waals surface area contributed by atoms with Gasteiger partial charge >= 0.3 is 0 Å². The Bertz CT molecular complexity index is 930. The molecule has 0 fully saturated rings. The monoisotopic (exact) mass is 445 g/mol. The summed E-state index contributed by atoms with van der Waals surface area (Å²) in [5.74, 6) is 1.19. The van der Waals surface area contributed by atoms with Gasteiger partial charge in [-0.1, -0.05) is 28.1 Å². The topological polar surface area (TPSA) is 39.2 Å². The highest BCUT2D eigenvalue weighted by atomic mass is 79.9. The lowest BCUT2D eigenvalue weighted by Gasteiger charge is -2.07. The van der Waals surface area contributed by atoms with E-state index in [1.54, 1.807) is 43.3 Å². The van der Waals surface area contributed by atoms with Gasteiger partial charge in [0.15, 0.2) is 5.78 Å². The number of ether oxygens (including phenoxy) is 1. The minimum Gasteiger partial charge on any atom is -0.497 e. The Morgan fingerprint density at radius 3 is 2.59 bits per heavy atom. The lowest BCUT2D eigenvalue weighted by Crippen LogP contribution is -2.04. The summed E-state index contributed by atoms with van der Waals surface area (Å²) < 4.78 is 19.2. The molecule has 0 unspecified atom stereocenters. The average molecular weight is 446 g/mol. The van der Waals surface area contributed by atoms with Crippen LogP contribution in [-0.2, 0) is 12.2 Å². The molecule has 138 valence electrons. The molecular weight excluding hydrogens is 429 g/mol. The van der Waals surface area contributed by atoms with Crippen molar-refractivity contribution in [3.05, 3.63) is 87.8 Å². The number of pyridine rings is 1. The minimum absolute atomic E-state index is 0.0406. The average Bonchev–Trinajstić information content (AvgIpc) is 2.69. The summed E-state index contributed by atoms with van der Waals surface area (Å²) in [5, 5.41) is 0.836. The molecule has 1 aromatic heterocycles. The maximum absolute atomic E-state index is 12.9. The van der Waals surface area contributed by atoms with Crippen molar-refractivity contribution in [2.75, 3.05) is 7.11 Å². The molecule has 0 N–H and O–H groups in total. The molecule has 0 aliphatic carbocycles. The second-order valence-electron chi connectivity index (χ2n) is 5.86. The molecule has 0 radical (unpaired) electrons. The zero-order valence-electron chi connectivity index (χ0n) is 14.6. The highest BCUT2D eigenvalue weighted by Crippen LogP contribution is 2.29. The van der Waals surface area contributed by atoms with Crippen LogP contribution in [0.25, 0.3) is 0 Å². The van der Waals surface area contributed by atoms with Crippen LogP contribution in [0, 0.1) is 5.82 Å².